The Balaban J connectivity index is 1.99. The molecule has 0 unspecified atom stereocenters. The van der Waals surface area contributed by atoms with Crippen LogP contribution in [0.15, 0.2) is 18.3 Å². The van der Waals surface area contributed by atoms with Gasteiger partial charge < -0.3 is 4.57 Å². The van der Waals surface area contributed by atoms with Gasteiger partial charge in [0, 0.05) is 12.7 Å². The van der Waals surface area contributed by atoms with E-state index in [0.717, 1.165) is 18.2 Å². The monoisotopic (exact) mass is 188 g/mol. The van der Waals surface area contributed by atoms with Crippen molar-refractivity contribution in [3.63, 3.8) is 0 Å². The lowest BCUT2D eigenvalue weighted by atomic mass is 9.89. The summed E-state index contributed by atoms with van der Waals surface area (Å²) in [5.41, 5.74) is 0.801. The largest absolute Gasteiger partial charge is 0.339 e. The maximum atomic E-state index is 8.87. The quantitative estimate of drug-likeness (QED) is 0.701. The molecule has 0 spiro atoms. The topological polar surface area (TPSA) is 28.7 Å². The van der Waals surface area contributed by atoms with Gasteiger partial charge in [-0.3, -0.25) is 0 Å². The summed E-state index contributed by atoms with van der Waals surface area (Å²) in [5.74, 6) is 0.795. The lowest BCUT2D eigenvalue weighted by Crippen LogP contribution is -2.14. The summed E-state index contributed by atoms with van der Waals surface area (Å²) in [6.07, 6.45) is 8.83. The molecule has 1 aromatic rings. The van der Waals surface area contributed by atoms with E-state index in [1.165, 1.54) is 32.1 Å². The van der Waals surface area contributed by atoms with Crippen molar-refractivity contribution in [3.05, 3.63) is 24.0 Å². The third-order valence-corrected chi connectivity index (χ3v) is 3.12. The second kappa shape index (κ2) is 4.32. The van der Waals surface area contributed by atoms with Crippen LogP contribution in [0.3, 0.4) is 0 Å². The number of rotatable bonds is 2. The van der Waals surface area contributed by atoms with E-state index in [-0.39, 0.29) is 0 Å². The van der Waals surface area contributed by atoms with E-state index in [4.69, 9.17) is 5.26 Å². The second-order valence-corrected chi connectivity index (χ2v) is 4.16. The fraction of sp³-hybridized carbons (Fsp3) is 0.583. The molecule has 1 aliphatic carbocycles. The minimum absolute atomic E-state index is 0.795. The Bertz CT molecular complexity index is 326. The van der Waals surface area contributed by atoms with E-state index in [0.29, 0.717) is 0 Å². The molecule has 0 saturated heterocycles. The molecule has 0 N–H and O–H groups in total. The second-order valence-electron chi connectivity index (χ2n) is 4.16. The first kappa shape index (κ1) is 9.33. The Morgan fingerprint density at radius 1 is 1.36 bits per heavy atom. The van der Waals surface area contributed by atoms with Crippen LogP contribution in [0.4, 0.5) is 0 Å². The van der Waals surface area contributed by atoms with Crippen molar-refractivity contribution in [2.75, 3.05) is 0 Å². The minimum Gasteiger partial charge on any atom is -0.339 e. The zero-order valence-electron chi connectivity index (χ0n) is 8.45. The van der Waals surface area contributed by atoms with Crippen LogP contribution in [0.25, 0.3) is 0 Å². The fourth-order valence-corrected chi connectivity index (χ4v) is 2.32. The molecule has 74 valence electrons. The third kappa shape index (κ3) is 1.98. The number of hydrogen-bond acceptors (Lipinski definition) is 1. The van der Waals surface area contributed by atoms with Crippen molar-refractivity contribution in [3.8, 4) is 6.07 Å². The van der Waals surface area contributed by atoms with E-state index in [1.807, 2.05) is 18.3 Å². The number of nitrogens with zero attached hydrogens (tertiary/aromatic N) is 2. The van der Waals surface area contributed by atoms with Crippen LogP contribution in [0, 0.1) is 17.2 Å². The summed E-state index contributed by atoms with van der Waals surface area (Å²) in [7, 11) is 0. The highest BCUT2D eigenvalue weighted by Crippen LogP contribution is 2.25. The van der Waals surface area contributed by atoms with Crippen LogP contribution >= 0.6 is 0 Å². The van der Waals surface area contributed by atoms with Gasteiger partial charge in [0.25, 0.3) is 0 Å². The molecule has 0 aliphatic heterocycles. The van der Waals surface area contributed by atoms with Gasteiger partial charge >= 0.3 is 0 Å². The van der Waals surface area contributed by atoms with E-state index < -0.39 is 0 Å². The summed E-state index contributed by atoms with van der Waals surface area (Å²) >= 11 is 0. The lowest BCUT2D eigenvalue weighted by Gasteiger charge is -2.22. The molecule has 0 atom stereocenters. The van der Waals surface area contributed by atoms with Crippen molar-refractivity contribution in [1.82, 2.24) is 4.57 Å². The molecule has 1 aromatic heterocycles. The van der Waals surface area contributed by atoms with Crippen molar-refractivity contribution < 1.29 is 0 Å². The molecule has 1 fully saturated rings. The number of aromatic nitrogens is 1. The van der Waals surface area contributed by atoms with E-state index in [2.05, 4.69) is 10.6 Å². The van der Waals surface area contributed by atoms with E-state index in [9.17, 15) is 0 Å². The third-order valence-electron chi connectivity index (χ3n) is 3.12. The van der Waals surface area contributed by atoms with Crippen LogP contribution in [0.2, 0.25) is 0 Å². The van der Waals surface area contributed by atoms with Crippen molar-refractivity contribution >= 4 is 0 Å². The van der Waals surface area contributed by atoms with Crippen LogP contribution < -0.4 is 0 Å². The maximum Gasteiger partial charge on any atom is 0.120 e. The first-order chi connectivity index (χ1) is 6.90. The summed E-state index contributed by atoms with van der Waals surface area (Å²) in [6.45, 7) is 1.04. The zero-order valence-corrected chi connectivity index (χ0v) is 8.45. The highest BCUT2D eigenvalue weighted by atomic mass is 15.0. The smallest absolute Gasteiger partial charge is 0.120 e. The molecule has 14 heavy (non-hydrogen) atoms. The number of hydrogen-bond donors (Lipinski definition) is 0. The predicted octanol–water partition coefficient (Wildman–Crippen LogP) is 2.94. The van der Waals surface area contributed by atoms with Gasteiger partial charge in [-0.05, 0) is 30.9 Å². The van der Waals surface area contributed by atoms with Gasteiger partial charge in [-0.2, -0.15) is 5.26 Å². The molecule has 0 radical (unpaired) electrons. The van der Waals surface area contributed by atoms with Crippen LogP contribution in [0.5, 0.6) is 0 Å². The van der Waals surface area contributed by atoms with Gasteiger partial charge in [0.15, 0.2) is 0 Å². The molecule has 0 aromatic carbocycles. The molecule has 0 bridgehead atoms. The summed E-state index contributed by atoms with van der Waals surface area (Å²) in [4.78, 5) is 0. The van der Waals surface area contributed by atoms with Crippen molar-refractivity contribution in [2.24, 2.45) is 5.92 Å². The average molecular weight is 188 g/mol. The SMILES string of the molecule is N#Cc1cccn1CC1CCCCC1. The van der Waals surface area contributed by atoms with Crippen LogP contribution in [-0.4, -0.2) is 4.57 Å². The Morgan fingerprint density at radius 2 is 2.14 bits per heavy atom. The Hall–Kier alpha value is -1.23. The molecule has 1 saturated carbocycles. The van der Waals surface area contributed by atoms with Gasteiger partial charge in [0.2, 0.25) is 0 Å². The number of nitriles is 1. The fourth-order valence-electron chi connectivity index (χ4n) is 2.32. The maximum absolute atomic E-state index is 8.87. The Labute approximate surface area is 85.2 Å². The van der Waals surface area contributed by atoms with Gasteiger partial charge in [0.05, 0.1) is 0 Å². The molecular formula is C12H16N2. The molecule has 2 nitrogen and oxygen atoms in total. The Morgan fingerprint density at radius 3 is 2.86 bits per heavy atom. The summed E-state index contributed by atoms with van der Waals surface area (Å²) in [5, 5.41) is 8.87. The summed E-state index contributed by atoms with van der Waals surface area (Å²) < 4.78 is 2.09. The van der Waals surface area contributed by atoms with E-state index >= 15 is 0 Å². The summed E-state index contributed by atoms with van der Waals surface area (Å²) in [6, 6.07) is 6.08. The van der Waals surface area contributed by atoms with Gasteiger partial charge in [-0.15, -0.1) is 0 Å². The van der Waals surface area contributed by atoms with Crippen molar-refractivity contribution in [2.45, 2.75) is 38.6 Å². The highest BCUT2D eigenvalue weighted by molar-refractivity contribution is 5.21. The molecular weight excluding hydrogens is 172 g/mol. The molecule has 2 rings (SSSR count). The first-order valence-electron chi connectivity index (χ1n) is 5.45. The van der Waals surface area contributed by atoms with Crippen LogP contribution in [0.1, 0.15) is 37.8 Å². The predicted molar refractivity (Wildman–Crippen MR) is 55.7 cm³/mol. The molecule has 0 amide bonds. The first-order valence-corrected chi connectivity index (χ1v) is 5.45. The molecule has 2 heteroatoms. The van der Waals surface area contributed by atoms with E-state index in [1.54, 1.807) is 0 Å². The molecule has 1 heterocycles. The van der Waals surface area contributed by atoms with Gasteiger partial charge in [-0.1, -0.05) is 19.3 Å². The zero-order chi connectivity index (χ0) is 9.80. The minimum atomic E-state index is 0.795. The highest BCUT2D eigenvalue weighted by Gasteiger charge is 2.14. The molecule has 1 aliphatic rings. The van der Waals surface area contributed by atoms with Crippen molar-refractivity contribution in [1.29, 1.82) is 5.26 Å². The average Bonchev–Trinajstić information content (AvgIpc) is 2.67. The van der Waals surface area contributed by atoms with Gasteiger partial charge in [-0.25, -0.2) is 0 Å². The van der Waals surface area contributed by atoms with Gasteiger partial charge in [0.1, 0.15) is 11.8 Å². The normalized spacial score (nSPS) is 17.9. The Kier molecular flexibility index (Phi) is 2.88. The van der Waals surface area contributed by atoms with Crippen LogP contribution in [-0.2, 0) is 6.54 Å². The lowest BCUT2D eigenvalue weighted by molar-refractivity contribution is 0.319. The standard InChI is InChI=1S/C12H16N2/c13-9-12-7-4-8-14(12)10-11-5-2-1-3-6-11/h4,7-8,11H,1-3,5-6,10H2.